The van der Waals surface area contributed by atoms with Crippen LogP contribution in [0.3, 0.4) is 0 Å². The SMILES string of the molecule is CC.COC(=O)c1cc(OC)c(Br)cc1N. The van der Waals surface area contributed by atoms with Crippen LogP contribution in [0.2, 0.25) is 0 Å². The Morgan fingerprint density at radius 3 is 2.31 bits per heavy atom. The third-order valence-electron chi connectivity index (χ3n) is 1.73. The maximum atomic E-state index is 11.2. The molecule has 1 rings (SSSR count). The number of ether oxygens (including phenoxy) is 2. The number of benzene rings is 1. The first-order valence-electron chi connectivity index (χ1n) is 4.81. The fraction of sp³-hybridized carbons (Fsp3) is 0.364. The van der Waals surface area contributed by atoms with Gasteiger partial charge in [0.1, 0.15) is 5.75 Å². The number of hydrogen-bond donors (Lipinski definition) is 1. The summed E-state index contributed by atoms with van der Waals surface area (Å²) in [5.41, 5.74) is 6.29. The Morgan fingerprint density at radius 1 is 1.31 bits per heavy atom. The molecule has 90 valence electrons. The van der Waals surface area contributed by atoms with E-state index >= 15 is 0 Å². The Balaban J connectivity index is 0.00000106. The first kappa shape index (κ1) is 14.8. The van der Waals surface area contributed by atoms with Crippen LogP contribution < -0.4 is 10.5 Å². The van der Waals surface area contributed by atoms with Crippen LogP contribution in [0.1, 0.15) is 24.2 Å². The van der Waals surface area contributed by atoms with Crippen LogP contribution in [0.15, 0.2) is 16.6 Å². The summed E-state index contributed by atoms with van der Waals surface area (Å²) in [4.78, 5) is 11.2. The van der Waals surface area contributed by atoms with Crippen LogP contribution in [0.5, 0.6) is 5.75 Å². The van der Waals surface area contributed by atoms with Gasteiger partial charge in [-0.25, -0.2) is 4.79 Å². The van der Waals surface area contributed by atoms with Crippen molar-refractivity contribution >= 4 is 27.6 Å². The quantitative estimate of drug-likeness (QED) is 0.672. The average Bonchev–Trinajstić information content (AvgIpc) is 2.31. The second-order valence-corrected chi connectivity index (χ2v) is 3.42. The molecule has 0 aliphatic heterocycles. The van der Waals surface area contributed by atoms with Crippen LogP contribution in [0.4, 0.5) is 5.69 Å². The summed E-state index contributed by atoms with van der Waals surface area (Å²) in [7, 11) is 2.81. The zero-order chi connectivity index (χ0) is 12.7. The van der Waals surface area contributed by atoms with Gasteiger partial charge in [0.05, 0.1) is 24.3 Å². The Kier molecular flexibility index (Phi) is 6.56. The molecule has 0 atom stereocenters. The van der Waals surface area contributed by atoms with Gasteiger partial charge in [0, 0.05) is 5.69 Å². The molecule has 0 aromatic heterocycles. The van der Waals surface area contributed by atoms with Gasteiger partial charge in [-0.1, -0.05) is 13.8 Å². The molecule has 0 bridgehead atoms. The predicted octanol–water partition coefficient (Wildman–Crippen LogP) is 2.85. The van der Waals surface area contributed by atoms with E-state index in [2.05, 4.69) is 20.7 Å². The van der Waals surface area contributed by atoms with Gasteiger partial charge in [0.2, 0.25) is 0 Å². The van der Waals surface area contributed by atoms with E-state index in [0.717, 1.165) is 0 Å². The van der Waals surface area contributed by atoms with Crippen molar-refractivity contribution in [3.05, 3.63) is 22.2 Å². The molecule has 1 aromatic rings. The molecular formula is C11H16BrNO3. The number of carbonyl (C=O) groups is 1. The van der Waals surface area contributed by atoms with Crippen molar-refractivity contribution in [1.82, 2.24) is 0 Å². The second kappa shape index (κ2) is 7.11. The highest BCUT2D eigenvalue weighted by atomic mass is 79.9. The highest BCUT2D eigenvalue weighted by molar-refractivity contribution is 9.10. The first-order valence-corrected chi connectivity index (χ1v) is 5.60. The predicted molar refractivity (Wildman–Crippen MR) is 67.8 cm³/mol. The zero-order valence-corrected chi connectivity index (χ0v) is 11.4. The van der Waals surface area contributed by atoms with Gasteiger partial charge in [-0.05, 0) is 28.1 Å². The molecule has 0 saturated carbocycles. The normalized spacial score (nSPS) is 8.81. The van der Waals surface area contributed by atoms with E-state index in [4.69, 9.17) is 10.5 Å². The Hall–Kier alpha value is -1.23. The highest BCUT2D eigenvalue weighted by Crippen LogP contribution is 2.30. The number of rotatable bonds is 2. The van der Waals surface area contributed by atoms with E-state index in [1.807, 2.05) is 13.8 Å². The number of esters is 1. The fourth-order valence-electron chi connectivity index (χ4n) is 1.01. The van der Waals surface area contributed by atoms with Gasteiger partial charge in [0.25, 0.3) is 0 Å². The largest absolute Gasteiger partial charge is 0.496 e. The number of halogens is 1. The summed E-state index contributed by atoms with van der Waals surface area (Å²) in [6.45, 7) is 4.00. The Bertz CT molecular complexity index is 366. The van der Waals surface area contributed by atoms with Gasteiger partial charge in [0.15, 0.2) is 0 Å². The summed E-state index contributed by atoms with van der Waals surface area (Å²) < 4.78 is 10.3. The van der Waals surface area contributed by atoms with E-state index in [1.54, 1.807) is 6.07 Å². The molecule has 5 heteroatoms. The first-order chi connectivity index (χ1) is 7.60. The topological polar surface area (TPSA) is 61.5 Å². The number of nitrogens with two attached hydrogens (primary N) is 1. The summed E-state index contributed by atoms with van der Waals surface area (Å²) in [5.74, 6) is 0.0629. The van der Waals surface area contributed by atoms with Crippen LogP contribution in [-0.4, -0.2) is 20.2 Å². The number of methoxy groups -OCH3 is 2. The second-order valence-electron chi connectivity index (χ2n) is 2.57. The number of hydrogen-bond acceptors (Lipinski definition) is 4. The molecule has 0 radical (unpaired) electrons. The van der Waals surface area contributed by atoms with Crippen molar-refractivity contribution < 1.29 is 14.3 Å². The van der Waals surface area contributed by atoms with E-state index in [-0.39, 0.29) is 0 Å². The molecule has 0 unspecified atom stereocenters. The number of nitrogen functional groups attached to an aromatic ring is 1. The molecule has 0 heterocycles. The maximum absolute atomic E-state index is 11.2. The minimum Gasteiger partial charge on any atom is -0.496 e. The molecule has 0 saturated heterocycles. The highest BCUT2D eigenvalue weighted by Gasteiger charge is 2.13. The maximum Gasteiger partial charge on any atom is 0.340 e. The lowest BCUT2D eigenvalue weighted by atomic mass is 10.2. The van der Waals surface area contributed by atoms with Crippen LogP contribution in [0.25, 0.3) is 0 Å². The Morgan fingerprint density at radius 2 is 1.88 bits per heavy atom. The molecular weight excluding hydrogens is 274 g/mol. The van der Waals surface area contributed by atoms with E-state index < -0.39 is 5.97 Å². The fourth-order valence-corrected chi connectivity index (χ4v) is 1.53. The molecule has 0 aliphatic carbocycles. The van der Waals surface area contributed by atoms with E-state index in [1.165, 1.54) is 20.3 Å². The average molecular weight is 290 g/mol. The number of carbonyl (C=O) groups excluding carboxylic acids is 1. The lowest BCUT2D eigenvalue weighted by Gasteiger charge is -2.08. The van der Waals surface area contributed by atoms with E-state index in [9.17, 15) is 4.79 Å². The summed E-state index contributed by atoms with van der Waals surface area (Å²) in [6.07, 6.45) is 0. The zero-order valence-electron chi connectivity index (χ0n) is 9.83. The molecule has 0 amide bonds. The van der Waals surface area contributed by atoms with Crippen LogP contribution in [0, 0.1) is 0 Å². The van der Waals surface area contributed by atoms with Crippen molar-refractivity contribution in [2.45, 2.75) is 13.8 Å². The van der Waals surface area contributed by atoms with Gasteiger partial charge in [-0.2, -0.15) is 0 Å². The van der Waals surface area contributed by atoms with Crippen LogP contribution >= 0.6 is 15.9 Å². The smallest absolute Gasteiger partial charge is 0.340 e. The lowest BCUT2D eigenvalue weighted by Crippen LogP contribution is -2.06. The van der Waals surface area contributed by atoms with Gasteiger partial charge >= 0.3 is 5.97 Å². The van der Waals surface area contributed by atoms with Crippen molar-refractivity contribution in [1.29, 1.82) is 0 Å². The van der Waals surface area contributed by atoms with Crippen molar-refractivity contribution in [3.63, 3.8) is 0 Å². The minimum atomic E-state index is -0.478. The van der Waals surface area contributed by atoms with Crippen LogP contribution in [-0.2, 0) is 4.74 Å². The van der Waals surface area contributed by atoms with E-state index in [0.29, 0.717) is 21.5 Å². The summed E-state index contributed by atoms with van der Waals surface area (Å²) in [6, 6.07) is 3.14. The molecule has 4 nitrogen and oxygen atoms in total. The van der Waals surface area contributed by atoms with Gasteiger partial charge < -0.3 is 15.2 Å². The van der Waals surface area contributed by atoms with Crippen molar-refractivity contribution in [3.8, 4) is 5.75 Å². The third-order valence-corrected chi connectivity index (χ3v) is 2.35. The van der Waals surface area contributed by atoms with Gasteiger partial charge in [-0.3, -0.25) is 0 Å². The minimum absolute atomic E-state index is 0.299. The standard InChI is InChI=1S/C9H10BrNO3.C2H6/c1-13-8-3-5(9(12)14-2)7(11)4-6(8)10;1-2/h3-4H,11H2,1-2H3;1-2H3. The third kappa shape index (κ3) is 3.41. The molecule has 0 fully saturated rings. The monoisotopic (exact) mass is 289 g/mol. The Labute approximate surface area is 104 Å². The lowest BCUT2D eigenvalue weighted by molar-refractivity contribution is 0.0601. The summed E-state index contributed by atoms with van der Waals surface area (Å²) in [5, 5.41) is 0. The van der Waals surface area contributed by atoms with Crippen molar-refractivity contribution in [2.75, 3.05) is 20.0 Å². The summed E-state index contributed by atoms with van der Waals surface area (Å²) >= 11 is 3.26. The molecule has 1 aromatic carbocycles. The molecule has 2 N–H and O–H groups in total. The molecule has 0 spiro atoms. The van der Waals surface area contributed by atoms with Crippen molar-refractivity contribution in [2.24, 2.45) is 0 Å². The van der Waals surface area contributed by atoms with Gasteiger partial charge in [-0.15, -0.1) is 0 Å². The number of anilines is 1. The molecule has 0 aliphatic rings. The molecule has 16 heavy (non-hydrogen) atoms.